The van der Waals surface area contributed by atoms with Crippen molar-refractivity contribution >= 4 is 53.3 Å². The number of hydrogen-bond acceptors (Lipinski definition) is 5. The zero-order chi connectivity index (χ0) is 45.0. The molecule has 0 radical (unpaired) electrons. The van der Waals surface area contributed by atoms with Crippen LogP contribution >= 0.6 is 11.3 Å². The molecule has 0 unspecified atom stereocenters. The Morgan fingerprint density at radius 3 is 1.44 bits per heavy atom. The van der Waals surface area contributed by atoms with Crippen molar-refractivity contribution in [1.82, 2.24) is 24.5 Å². The van der Waals surface area contributed by atoms with E-state index in [0.717, 1.165) is 67.0 Å². The summed E-state index contributed by atoms with van der Waals surface area (Å²) in [5.41, 5.74) is 14.5. The van der Waals surface area contributed by atoms with E-state index >= 15 is 0 Å². The molecule has 4 heterocycles. The Morgan fingerprint density at radius 2 is 0.824 bits per heavy atom. The lowest BCUT2D eigenvalue weighted by atomic mass is 9.92. The molecular weight excluding hydrogens is 847 g/mol. The second kappa shape index (κ2) is 16.5. The van der Waals surface area contributed by atoms with Crippen molar-refractivity contribution < 1.29 is 0 Å². The molecule has 0 saturated carbocycles. The van der Waals surface area contributed by atoms with Gasteiger partial charge < -0.3 is 4.57 Å². The molecule has 0 aliphatic heterocycles. The summed E-state index contributed by atoms with van der Waals surface area (Å²) < 4.78 is 4.82. The maximum atomic E-state index is 5.39. The molecule has 0 N–H and O–H groups in total. The number of nitrogens with zero attached hydrogens (tertiary/aromatic N) is 5. The van der Waals surface area contributed by atoms with Gasteiger partial charge in [0.15, 0.2) is 17.5 Å². The van der Waals surface area contributed by atoms with Crippen LogP contribution in [0.3, 0.4) is 0 Å². The number of hydrogen-bond donors (Lipinski definition) is 0. The van der Waals surface area contributed by atoms with Gasteiger partial charge in [-0.1, -0.05) is 170 Å². The first-order valence-corrected chi connectivity index (χ1v) is 23.6. The topological polar surface area (TPSA) is 56.5 Å². The third kappa shape index (κ3) is 7.03. The van der Waals surface area contributed by atoms with E-state index < -0.39 is 0 Å². The van der Waals surface area contributed by atoms with Crippen LogP contribution in [0.1, 0.15) is 0 Å². The number of para-hydroxylation sites is 2. The van der Waals surface area contributed by atoms with Crippen molar-refractivity contribution in [2.75, 3.05) is 0 Å². The SMILES string of the molecule is c1ccc(-c2cc(-c3ccccc3)cc(-c3cnc(-c4ccc5c(c4)sc4cc6c7ccccc7n(-c7ccccc7)c6cc45)c(-c4nc(-c5ccccc5)nc(-c5ccccc5)n4)c3)c2)cc1. The van der Waals surface area contributed by atoms with Crippen LogP contribution in [0.2, 0.25) is 0 Å². The first-order valence-electron chi connectivity index (χ1n) is 22.8. The Bertz CT molecular complexity index is 3880. The molecule has 13 rings (SSSR count). The number of fused-ring (bicyclic) bond motifs is 6. The third-order valence-electron chi connectivity index (χ3n) is 12.9. The fourth-order valence-corrected chi connectivity index (χ4v) is 10.7. The molecule has 0 bridgehead atoms. The van der Waals surface area contributed by atoms with Crippen molar-refractivity contribution in [3.05, 3.63) is 237 Å². The zero-order valence-corrected chi connectivity index (χ0v) is 37.5. The molecule has 6 heteroatoms. The highest BCUT2D eigenvalue weighted by Gasteiger charge is 2.21. The van der Waals surface area contributed by atoms with E-state index in [2.05, 4.69) is 174 Å². The van der Waals surface area contributed by atoms with Crippen molar-refractivity contribution in [2.45, 2.75) is 0 Å². The first-order chi connectivity index (χ1) is 33.7. The molecule has 0 aliphatic rings. The van der Waals surface area contributed by atoms with Crippen molar-refractivity contribution in [3.8, 4) is 84.5 Å². The summed E-state index contributed by atoms with van der Waals surface area (Å²) in [6.45, 7) is 0. The Morgan fingerprint density at radius 1 is 0.309 bits per heavy atom. The monoisotopic (exact) mass is 885 g/mol. The van der Waals surface area contributed by atoms with Gasteiger partial charge in [-0.3, -0.25) is 4.98 Å². The summed E-state index contributed by atoms with van der Waals surface area (Å²) in [5.74, 6) is 1.75. The Hall–Kier alpha value is -8.84. The predicted octanol–water partition coefficient (Wildman–Crippen LogP) is 16.4. The highest BCUT2D eigenvalue weighted by molar-refractivity contribution is 7.26. The fourth-order valence-electron chi connectivity index (χ4n) is 9.58. The first kappa shape index (κ1) is 39.5. The van der Waals surface area contributed by atoms with Gasteiger partial charge >= 0.3 is 0 Å². The lowest BCUT2D eigenvalue weighted by Crippen LogP contribution is -2.02. The van der Waals surface area contributed by atoms with E-state index in [4.69, 9.17) is 19.9 Å². The number of benzene rings is 9. The molecule has 4 aromatic heterocycles. The summed E-state index contributed by atoms with van der Waals surface area (Å²) in [7, 11) is 0. The van der Waals surface area contributed by atoms with Gasteiger partial charge in [0.2, 0.25) is 0 Å². The van der Waals surface area contributed by atoms with Gasteiger partial charge in [0, 0.05) is 70.6 Å². The molecule has 5 nitrogen and oxygen atoms in total. The average molecular weight is 886 g/mol. The van der Waals surface area contributed by atoms with Crippen LogP contribution in [0, 0.1) is 0 Å². The number of pyridine rings is 1. The van der Waals surface area contributed by atoms with Gasteiger partial charge in [0.05, 0.1) is 16.7 Å². The number of aromatic nitrogens is 5. The maximum absolute atomic E-state index is 5.39. The van der Waals surface area contributed by atoms with E-state index in [0.29, 0.717) is 17.5 Å². The lowest BCUT2D eigenvalue weighted by molar-refractivity contribution is 1.07. The van der Waals surface area contributed by atoms with Crippen LogP contribution in [-0.4, -0.2) is 24.5 Å². The summed E-state index contributed by atoms with van der Waals surface area (Å²) in [6, 6.07) is 81.3. The minimum absolute atomic E-state index is 0.553. The summed E-state index contributed by atoms with van der Waals surface area (Å²) in [4.78, 5) is 21.0. The van der Waals surface area contributed by atoms with Crippen LogP contribution in [0.15, 0.2) is 237 Å². The summed E-state index contributed by atoms with van der Waals surface area (Å²) in [5, 5.41) is 4.93. The molecule has 13 aromatic rings. The molecule has 0 spiro atoms. The molecule has 318 valence electrons. The molecule has 9 aromatic carbocycles. The minimum atomic E-state index is 0.553. The quantitative estimate of drug-likeness (QED) is 0.153. The Kier molecular flexibility index (Phi) is 9.62. The Balaban J connectivity index is 1.03. The average Bonchev–Trinajstić information content (AvgIpc) is 3.95. The summed E-state index contributed by atoms with van der Waals surface area (Å²) in [6.07, 6.45) is 2.00. The smallest absolute Gasteiger partial charge is 0.166 e. The largest absolute Gasteiger partial charge is 0.309 e. The predicted molar refractivity (Wildman–Crippen MR) is 283 cm³/mol. The molecule has 0 saturated heterocycles. The Labute approximate surface area is 397 Å². The van der Waals surface area contributed by atoms with Crippen LogP contribution in [-0.2, 0) is 0 Å². The standard InChI is InChI=1S/C62H39N5S/c1-6-18-40(19-7-1)45-32-46(41-20-8-2-9-21-41)34-47(33-45)48-35-54(62-65-60(42-22-10-3-11-23-42)64-61(66-62)43-24-12-4-13-25-43)59(63-39-48)44-30-31-51-53-37-56-52(38-58(53)68-57(51)36-44)50-28-16-17-29-55(50)67(56)49-26-14-5-15-27-49/h1-39H. The van der Waals surface area contributed by atoms with Gasteiger partial charge in [0.1, 0.15) is 0 Å². The maximum Gasteiger partial charge on any atom is 0.166 e. The van der Waals surface area contributed by atoms with Gasteiger partial charge in [-0.2, -0.15) is 0 Å². The normalized spacial score (nSPS) is 11.5. The lowest BCUT2D eigenvalue weighted by Gasteiger charge is -2.15. The highest BCUT2D eigenvalue weighted by Crippen LogP contribution is 2.43. The minimum Gasteiger partial charge on any atom is -0.309 e. The number of rotatable bonds is 8. The fraction of sp³-hybridized carbons (Fsp3) is 0. The molecule has 68 heavy (non-hydrogen) atoms. The molecule has 0 amide bonds. The highest BCUT2D eigenvalue weighted by atomic mass is 32.1. The number of thiophene rings is 1. The van der Waals surface area contributed by atoms with E-state index in [1.54, 1.807) is 0 Å². The van der Waals surface area contributed by atoms with Crippen LogP contribution in [0.5, 0.6) is 0 Å². The van der Waals surface area contributed by atoms with Crippen molar-refractivity contribution in [2.24, 2.45) is 0 Å². The molecule has 0 fully saturated rings. The summed E-state index contributed by atoms with van der Waals surface area (Å²) >= 11 is 1.82. The molecular formula is C62H39N5S. The van der Waals surface area contributed by atoms with Crippen molar-refractivity contribution in [3.63, 3.8) is 0 Å². The van der Waals surface area contributed by atoms with Crippen molar-refractivity contribution in [1.29, 1.82) is 0 Å². The van der Waals surface area contributed by atoms with E-state index in [9.17, 15) is 0 Å². The molecule has 0 atom stereocenters. The van der Waals surface area contributed by atoms with Gasteiger partial charge in [0.25, 0.3) is 0 Å². The van der Waals surface area contributed by atoms with Gasteiger partial charge in [-0.25, -0.2) is 15.0 Å². The second-order valence-corrected chi connectivity index (χ2v) is 18.1. The van der Waals surface area contributed by atoms with E-state index in [1.165, 1.54) is 42.0 Å². The molecule has 0 aliphatic carbocycles. The van der Waals surface area contributed by atoms with E-state index in [-0.39, 0.29) is 0 Å². The van der Waals surface area contributed by atoms with Gasteiger partial charge in [-0.05, 0) is 88.5 Å². The van der Waals surface area contributed by atoms with Gasteiger partial charge in [-0.15, -0.1) is 11.3 Å². The second-order valence-electron chi connectivity index (χ2n) is 17.1. The van der Waals surface area contributed by atoms with Crippen LogP contribution < -0.4 is 0 Å². The third-order valence-corrected chi connectivity index (χ3v) is 14.0. The zero-order valence-electron chi connectivity index (χ0n) is 36.7. The van der Waals surface area contributed by atoms with E-state index in [1.807, 2.05) is 78.2 Å². The van der Waals surface area contributed by atoms with Crippen LogP contribution in [0.4, 0.5) is 0 Å². The van der Waals surface area contributed by atoms with Crippen LogP contribution in [0.25, 0.3) is 126 Å².